The molecule has 3 aliphatic rings. The normalized spacial score (nSPS) is 23.0. The number of amides is 1. The van der Waals surface area contributed by atoms with Crippen LogP contribution in [0, 0.1) is 25.7 Å². The highest BCUT2D eigenvalue weighted by Crippen LogP contribution is 2.38. The van der Waals surface area contributed by atoms with E-state index in [1.165, 1.54) is 0 Å². The summed E-state index contributed by atoms with van der Waals surface area (Å²) in [6.45, 7) is 7.22. The molecule has 0 bridgehead atoms. The van der Waals surface area contributed by atoms with Gasteiger partial charge in [0.25, 0.3) is 5.91 Å². The van der Waals surface area contributed by atoms with E-state index in [0.717, 1.165) is 67.0 Å². The Hall–Kier alpha value is -2.08. The summed E-state index contributed by atoms with van der Waals surface area (Å²) in [5.41, 5.74) is 2.69. The quantitative estimate of drug-likeness (QED) is 0.204. The van der Waals surface area contributed by atoms with Gasteiger partial charge >= 0.3 is 6.18 Å². The number of aryl methyl sites for hydroxylation is 2. The maximum absolute atomic E-state index is 13.0. The van der Waals surface area contributed by atoms with Crippen molar-refractivity contribution >= 4 is 29.8 Å². The van der Waals surface area contributed by atoms with Crippen LogP contribution < -0.4 is 10.1 Å². The van der Waals surface area contributed by atoms with E-state index in [2.05, 4.69) is 35.0 Å². The lowest BCUT2D eigenvalue weighted by Gasteiger charge is -2.34. The van der Waals surface area contributed by atoms with Gasteiger partial charge in [-0.1, -0.05) is 11.9 Å². The van der Waals surface area contributed by atoms with E-state index in [1.54, 1.807) is 11.9 Å². The highest BCUT2D eigenvalue weighted by Gasteiger charge is 2.47. The highest BCUT2D eigenvalue weighted by atomic mass is 32.2. The number of halogens is 3. The number of carbonyl (C=O) groups excluding carboxylic acids is 1. The van der Waals surface area contributed by atoms with E-state index in [0.29, 0.717) is 39.1 Å². The molecule has 2 N–H and O–H groups in total. The average molecular weight is 612 g/mol. The Labute approximate surface area is 251 Å². The van der Waals surface area contributed by atoms with Gasteiger partial charge in [-0.3, -0.25) is 9.79 Å². The number of aliphatic imine (C=N–C) groups is 1. The maximum atomic E-state index is 13.0. The zero-order valence-corrected chi connectivity index (χ0v) is 25.5. The minimum absolute atomic E-state index is 0.0258. The number of rotatable bonds is 13. The Morgan fingerprint density at radius 2 is 1.81 bits per heavy atom. The summed E-state index contributed by atoms with van der Waals surface area (Å²) in [5, 5.41) is 13.9. The van der Waals surface area contributed by atoms with Gasteiger partial charge in [0, 0.05) is 38.6 Å². The number of aliphatic hydroxyl groups is 1. The summed E-state index contributed by atoms with van der Waals surface area (Å²) < 4.78 is 51.2. The maximum Gasteiger partial charge on any atom is 0.389 e. The van der Waals surface area contributed by atoms with Crippen molar-refractivity contribution in [2.45, 2.75) is 83.4 Å². The number of nitrogens with zero attached hydrogens (tertiary/aromatic N) is 2. The van der Waals surface area contributed by atoms with Crippen LogP contribution in [-0.4, -0.2) is 72.4 Å². The minimum atomic E-state index is -4.09. The van der Waals surface area contributed by atoms with Gasteiger partial charge in [-0.25, -0.2) is 4.31 Å². The van der Waals surface area contributed by atoms with E-state index in [4.69, 9.17) is 19.6 Å². The number of alkyl halides is 3. The van der Waals surface area contributed by atoms with Gasteiger partial charge in [-0.05, 0) is 111 Å². The molecule has 2 aliphatic heterocycles. The van der Waals surface area contributed by atoms with Gasteiger partial charge < -0.3 is 19.9 Å². The molecule has 4 rings (SSSR count). The van der Waals surface area contributed by atoms with Crippen LogP contribution in [0.4, 0.5) is 13.2 Å². The van der Waals surface area contributed by atoms with E-state index in [1.807, 2.05) is 12.1 Å². The molecule has 0 aromatic heterocycles. The Morgan fingerprint density at radius 1 is 1.12 bits per heavy atom. The smallest absolute Gasteiger partial charge is 0.389 e. The number of nitrogens with one attached hydrogen (secondary N) is 1. The standard InChI is InChI=1S/C31H44F3N3O4S/c1-22-20-26(41-18-17-40-16-3-15-38)21-23(2)27(22)9-19-42-37-13-11-30(12-14-37)29(39)35-28(36-30)25-6-4-24(5-7-25)8-10-31(32,33)34/h9,19-21,24-25,38H,3-8,10-18H2,1-2H3,(H,35,36,39)/b19-9+. The molecule has 0 radical (unpaired) electrons. The molecule has 7 nitrogen and oxygen atoms in total. The molecular weight excluding hydrogens is 567 g/mol. The second kappa shape index (κ2) is 15.1. The fourth-order valence-electron chi connectivity index (χ4n) is 6.08. The van der Waals surface area contributed by atoms with Gasteiger partial charge in [-0.2, -0.15) is 13.2 Å². The number of amidine groups is 1. The Balaban J connectivity index is 1.22. The number of benzene rings is 1. The average Bonchev–Trinajstić information content (AvgIpc) is 3.27. The summed E-state index contributed by atoms with van der Waals surface area (Å²) in [7, 11) is 0. The van der Waals surface area contributed by atoms with Gasteiger partial charge in [-0.15, -0.1) is 0 Å². The lowest BCUT2D eigenvalue weighted by molar-refractivity contribution is -0.138. The summed E-state index contributed by atoms with van der Waals surface area (Å²) in [4.78, 5) is 17.9. The topological polar surface area (TPSA) is 83.4 Å². The fourth-order valence-corrected chi connectivity index (χ4v) is 6.84. The van der Waals surface area contributed by atoms with Crippen LogP contribution in [0.1, 0.15) is 74.5 Å². The molecule has 1 amide bonds. The number of hydrogen-bond donors (Lipinski definition) is 2. The molecule has 1 aromatic rings. The molecule has 2 heterocycles. The molecule has 1 saturated carbocycles. The molecule has 234 valence electrons. The van der Waals surface area contributed by atoms with Crippen molar-refractivity contribution in [2.24, 2.45) is 16.8 Å². The van der Waals surface area contributed by atoms with E-state index in [-0.39, 0.29) is 30.8 Å². The molecule has 1 spiro atoms. The summed E-state index contributed by atoms with van der Waals surface area (Å²) in [6.07, 6.45) is 2.53. The Morgan fingerprint density at radius 3 is 2.45 bits per heavy atom. The first-order valence-corrected chi connectivity index (χ1v) is 15.9. The van der Waals surface area contributed by atoms with Crippen molar-refractivity contribution in [1.82, 2.24) is 9.62 Å². The largest absolute Gasteiger partial charge is 0.491 e. The zero-order chi connectivity index (χ0) is 30.2. The number of aliphatic hydroxyl groups excluding tert-OH is 1. The molecule has 1 saturated heterocycles. The molecule has 0 atom stereocenters. The van der Waals surface area contributed by atoms with Crippen LogP contribution in [0.15, 0.2) is 22.5 Å². The number of ether oxygens (including phenoxy) is 2. The van der Waals surface area contributed by atoms with Crippen molar-refractivity contribution in [3.63, 3.8) is 0 Å². The third-order valence-corrected chi connectivity index (χ3v) is 9.49. The SMILES string of the molecule is Cc1cc(OCCOCCCO)cc(C)c1/C=C/SN1CCC2(CC1)N=C(C1CCC(CCC(F)(F)F)CC1)NC2=O. The van der Waals surface area contributed by atoms with Gasteiger partial charge in [0.05, 0.1) is 6.61 Å². The second-order valence-corrected chi connectivity index (χ2v) is 12.7. The van der Waals surface area contributed by atoms with Crippen molar-refractivity contribution in [1.29, 1.82) is 0 Å². The van der Waals surface area contributed by atoms with Gasteiger partial charge in [0.2, 0.25) is 0 Å². The first-order valence-electron chi connectivity index (χ1n) is 15.1. The molecular formula is C31H44F3N3O4S. The summed E-state index contributed by atoms with van der Waals surface area (Å²) in [5.74, 6) is 1.78. The van der Waals surface area contributed by atoms with Gasteiger partial charge in [0.15, 0.2) is 0 Å². The molecule has 42 heavy (non-hydrogen) atoms. The predicted molar refractivity (Wildman–Crippen MR) is 160 cm³/mol. The van der Waals surface area contributed by atoms with Crippen LogP contribution >= 0.6 is 11.9 Å². The van der Waals surface area contributed by atoms with Gasteiger partial charge in [0.1, 0.15) is 23.7 Å². The first kappa shape index (κ1) is 32.8. The number of hydrogen-bond acceptors (Lipinski definition) is 7. The highest BCUT2D eigenvalue weighted by molar-refractivity contribution is 8.00. The molecule has 1 aliphatic carbocycles. The molecule has 2 fully saturated rings. The first-order chi connectivity index (χ1) is 20.1. The fraction of sp³-hybridized carbons (Fsp3) is 0.677. The number of carbonyl (C=O) groups is 1. The lowest BCUT2D eigenvalue weighted by Crippen LogP contribution is -2.47. The number of piperidine rings is 1. The Kier molecular flexibility index (Phi) is 11.8. The molecule has 1 aromatic carbocycles. The van der Waals surface area contributed by atoms with Crippen LogP contribution in [0.5, 0.6) is 5.75 Å². The third kappa shape index (κ3) is 9.21. The van der Waals surface area contributed by atoms with E-state index >= 15 is 0 Å². The zero-order valence-electron chi connectivity index (χ0n) is 24.7. The monoisotopic (exact) mass is 611 g/mol. The minimum Gasteiger partial charge on any atom is -0.491 e. The van der Waals surface area contributed by atoms with Crippen molar-refractivity contribution < 1.29 is 32.5 Å². The van der Waals surface area contributed by atoms with Crippen LogP contribution in [0.25, 0.3) is 6.08 Å². The lowest BCUT2D eigenvalue weighted by atomic mass is 9.79. The molecule has 0 unspecified atom stereocenters. The van der Waals surface area contributed by atoms with Crippen LogP contribution in [0.3, 0.4) is 0 Å². The van der Waals surface area contributed by atoms with Crippen molar-refractivity contribution in [2.75, 3.05) is 39.5 Å². The second-order valence-electron chi connectivity index (χ2n) is 11.7. The predicted octanol–water partition coefficient (Wildman–Crippen LogP) is 6.21. The Bertz CT molecular complexity index is 1090. The molecule has 11 heteroatoms. The summed E-state index contributed by atoms with van der Waals surface area (Å²) in [6, 6.07) is 4.05. The van der Waals surface area contributed by atoms with E-state index < -0.39 is 18.1 Å². The van der Waals surface area contributed by atoms with E-state index in [9.17, 15) is 18.0 Å². The van der Waals surface area contributed by atoms with Crippen molar-refractivity contribution in [3.05, 3.63) is 34.2 Å². The van der Waals surface area contributed by atoms with Crippen molar-refractivity contribution in [3.8, 4) is 5.75 Å². The third-order valence-electron chi connectivity index (χ3n) is 8.57. The summed E-state index contributed by atoms with van der Waals surface area (Å²) >= 11 is 1.64. The van der Waals surface area contributed by atoms with Crippen LogP contribution in [-0.2, 0) is 9.53 Å². The van der Waals surface area contributed by atoms with Crippen LogP contribution in [0.2, 0.25) is 0 Å².